The Morgan fingerprint density at radius 2 is 1.96 bits per heavy atom. The number of nitro benzene ring substituents is 1. The zero-order valence-electron chi connectivity index (χ0n) is 14.5. The van der Waals surface area contributed by atoms with Gasteiger partial charge in [0.2, 0.25) is 5.91 Å². The molecule has 0 aliphatic rings. The van der Waals surface area contributed by atoms with E-state index in [1.165, 1.54) is 17.4 Å². The maximum atomic E-state index is 12.2. The molecule has 3 aromatic rings. The van der Waals surface area contributed by atoms with E-state index in [9.17, 15) is 14.9 Å². The number of nitrogens with one attached hydrogen (secondary N) is 1. The Bertz CT molecular complexity index is 954. The predicted molar refractivity (Wildman–Crippen MR) is 104 cm³/mol. The lowest BCUT2D eigenvalue weighted by Crippen LogP contribution is -2.15. The number of carbonyl (C=O) groups excluding carboxylic acids is 1. The average Bonchev–Trinajstić information content (AvgIpc) is 3.11. The molecule has 0 unspecified atom stereocenters. The number of aromatic nitrogens is 1. The number of thiazole rings is 1. The molecule has 0 bridgehead atoms. The summed E-state index contributed by atoms with van der Waals surface area (Å²) in [6.07, 6.45) is -0.0882. The molecule has 0 fully saturated rings. The molecule has 0 atom stereocenters. The zero-order valence-corrected chi connectivity index (χ0v) is 15.4. The maximum absolute atomic E-state index is 12.2. The summed E-state index contributed by atoms with van der Waals surface area (Å²) in [6.45, 7) is 2.53. The third kappa shape index (κ3) is 4.68. The number of nitrogens with zero attached hydrogens (tertiary/aromatic N) is 2. The molecule has 1 heterocycles. The van der Waals surface area contributed by atoms with Crippen molar-refractivity contribution < 1.29 is 14.5 Å². The van der Waals surface area contributed by atoms with Gasteiger partial charge in [0.15, 0.2) is 5.13 Å². The molecule has 0 saturated heterocycles. The van der Waals surface area contributed by atoms with Crippen LogP contribution < -0.4 is 10.1 Å². The fourth-order valence-electron chi connectivity index (χ4n) is 2.53. The van der Waals surface area contributed by atoms with Gasteiger partial charge in [-0.2, -0.15) is 0 Å². The van der Waals surface area contributed by atoms with Gasteiger partial charge in [-0.15, -0.1) is 11.3 Å². The van der Waals surface area contributed by atoms with Crippen molar-refractivity contribution in [2.45, 2.75) is 13.3 Å². The monoisotopic (exact) mass is 383 g/mol. The second-order valence-corrected chi connectivity index (χ2v) is 6.46. The summed E-state index contributed by atoms with van der Waals surface area (Å²) in [7, 11) is 0. The van der Waals surface area contributed by atoms with E-state index in [1.54, 1.807) is 18.2 Å². The van der Waals surface area contributed by atoms with Crippen LogP contribution in [0.2, 0.25) is 0 Å². The summed E-state index contributed by atoms with van der Waals surface area (Å²) in [6, 6.07) is 13.7. The maximum Gasteiger partial charge on any atom is 0.273 e. The van der Waals surface area contributed by atoms with Gasteiger partial charge in [-0.25, -0.2) is 4.98 Å². The highest BCUT2D eigenvalue weighted by atomic mass is 32.1. The van der Waals surface area contributed by atoms with Crippen molar-refractivity contribution in [3.05, 3.63) is 69.6 Å². The van der Waals surface area contributed by atoms with E-state index in [4.69, 9.17) is 4.74 Å². The second-order valence-electron chi connectivity index (χ2n) is 5.61. The lowest BCUT2D eigenvalue weighted by atomic mass is 10.1. The lowest BCUT2D eigenvalue weighted by Gasteiger charge is -2.04. The van der Waals surface area contributed by atoms with E-state index in [0.29, 0.717) is 17.3 Å². The van der Waals surface area contributed by atoms with Gasteiger partial charge >= 0.3 is 0 Å². The molecule has 1 aromatic heterocycles. The Hall–Kier alpha value is -3.26. The first-order valence-electron chi connectivity index (χ1n) is 8.27. The highest BCUT2D eigenvalue weighted by molar-refractivity contribution is 7.14. The number of anilines is 1. The molecule has 27 heavy (non-hydrogen) atoms. The van der Waals surface area contributed by atoms with Gasteiger partial charge < -0.3 is 10.1 Å². The highest BCUT2D eigenvalue weighted by Crippen LogP contribution is 2.27. The molecular formula is C19H17N3O4S. The zero-order chi connectivity index (χ0) is 19.2. The third-order valence-corrected chi connectivity index (χ3v) is 4.51. The van der Waals surface area contributed by atoms with Crippen LogP contribution in [0.5, 0.6) is 5.75 Å². The Labute approximate surface area is 159 Å². The van der Waals surface area contributed by atoms with Crippen LogP contribution in [0.3, 0.4) is 0 Å². The average molecular weight is 383 g/mol. The van der Waals surface area contributed by atoms with Gasteiger partial charge in [0.1, 0.15) is 5.75 Å². The van der Waals surface area contributed by atoms with Gasteiger partial charge in [-0.05, 0) is 31.2 Å². The van der Waals surface area contributed by atoms with Gasteiger partial charge in [0.05, 0.1) is 23.6 Å². The van der Waals surface area contributed by atoms with Crippen LogP contribution in [0.15, 0.2) is 53.9 Å². The first kappa shape index (κ1) is 18.5. The molecule has 138 valence electrons. The predicted octanol–water partition coefficient (Wildman–Crippen LogP) is 4.30. The molecule has 0 aliphatic heterocycles. The molecule has 0 saturated carbocycles. The fourth-order valence-corrected chi connectivity index (χ4v) is 3.26. The summed E-state index contributed by atoms with van der Waals surface area (Å²) in [4.78, 5) is 27.2. The largest absolute Gasteiger partial charge is 0.494 e. The molecule has 3 rings (SSSR count). The summed E-state index contributed by atoms with van der Waals surface area (Å²) in [5, 5.41) is 16.0. The van der Waals surface area contributed by atoms with Gasteiger partial charge in [-0.1, -0.05) is 18.2 Å². The minimum absolute atomic E-state index is 0.0677. The van der Waals surface area contributed by atoms with E-state index >= 15 is 0 Å². The second kappa shape index (κ2) is 8.41. The Balaban J connectivity index is 1.67. The molecule has 0 aliphatic carbocycles. The minimum Gasteiger partial charge on any atom is -0.494 e. The molecule has 0 spiro atoms. The van der Waals surface area contributed by atoms with Crippen molar-refractivity contribution in [2.24, 2.45) is 0 Å². The summed E-state index contributed by atoms with van der Waals surface area (Å²) < 4.78 is 5.41. The van der Waals surface area contributed by atoms with Crippen molar-refractivity contribution in [3.8, 4) is 17.0 Å². The number of benzene rings is 2. The smallest absolute Gasteiger partial charge is 0.273 e. The number of ether oxygens (including phenoxy) is 1. The van der Waals surface area contributed by atoms with E-state index in [-0.39, 0.29) is 18.0 Å². The topological polar surface area (TPSA) is 94.4 Å². The van der Waals surface area contributed by atoms with E-state index in [0.717, 1.165) is 17.0 Å². The Morgan fingerprint density at radius 3 is 2.67 bits per heavy atom. The first-order valence-corrected chi connectivity index (χ1v) is 9.15. The fraction of sp³-hybridized carbons (Fsp3) is 0.158. The van der Waals surface area contributed by atoms with Gasteiger partial charge in [0.25, 0.3) is 5.69 Å². The van der Waals surface area contributed by atoms with Crippen molar-refractivity contribution in [2.75, 3.05) is 11.9 Å². The SMILES string of the molecule is CCOc1ccc(-c2csc(NC(=O)Cc3ccccc3[N+](=O)[O-])n2)cc1. The van der Waals surface area contributed by atoms with E-state index < -0.39 is 4.92 Å². The standard InChI is InChI=1S/C19H17N3O4S/c1-2-26-15-9-7-13(8-10-15)16-12-27-19(20-16)21-18(23)11-14-5-3-4-6-17(14)22(24)25/h3-10,12H,2,11H2,1H3,(H,20,21,23). The quantitative estimate of drug-likeness (QED) is 0.485. The Morgan fingerprint density at radius 1 is 1.22 bits per heavy atom. The lowest BCUT2D eigenvalue weighted by molar-refractivity contribution is -0.385. The number of amides is 1. The summed E-state index contributed by atoms with van der Waals surface area (Å²) in [5.74, 6) is 0.436. The van der Waals surface area contributed by atoms with Crippen LogP contribution in [0.25, 0.3) is 11.3 Å². The van der Waals surface area contributed by atoms with Gasteiger partial charge in [-0.3, -0.25) is 14.9 Å². The number of hydrogen-bond acceptors (Lipinski definition) is 6. The van der Waals surface area contributed by atoms with E-state index in [2.05, 4.69) is 10.3 Å². The van der Waals surface area contributed by atoms with Crippen molar-refractivity contribution in [1.82, 2.24) is 4.98 Å². The van der Waals surface area contributed by atoms with Crippen LogP contribution in [0, 0.1) is 10.1 Å². The van der Waals surface area contributed by atoms with Crippen LogP contribution in [0.4, 0.5) is 10.8 Å². The van der Waals surface area contributed by atoms with Crippen molar-refractivity contribution in [3.63, 3.8) is 0 Å². The Kier molecular flexibility index (Phi) is 5.77. The number of nitro groups is 1. The number of para-hydroxylation sites is 1. The minimum atomic E-state index is -0.490. The molecular weight excluding hydrogens is 366 g/mol. The van der Waals surface area contributed by atoms with Crippen LogP contribution >= 0.6 is 11.3 Å². The first-order chi connectivity index (χ1) is 13.1. The van der Waals surface area contributed by atoms with Crippen LogP contribution in [-0.4, -0.2) is 22.4 Å². The molecule has 1 amide bonds. The van der Waals surface area contributed by atoms with Crippen LogP contribution in [0.1, 0.15) is 12.5 Å². The summed E-state index contributed by atoms with van der Waals surface area (Å²) >= 11 is 1.30. The van der Waals surface area contributed by atoms with Gasteiger partial charge in [0, 0.05) is 22.6 Å². The molecule has 0 radical (unpaired) electrons. The highest BCUT2D eigenvalue weighted by Gasteiger charge is 2.16. The number of hydrogen-bond donors (Lipinski definition) is 1. The summed E-state index contributed by atoms with van der Waals surface area (Å²) in [5.41, 5.74) is 1.95. The molecule has 7 nitrogen and oxygen atoms in total. The normalized spacial score (nSPS) is 10.4. The molecule has 8 heteroatoms. The van der Waals surface area contributed by atoms with Crippen molar-refractivity contribution >= 4 is 28.1 Å². The molecule has 1 N–H and O–H groups in total. The number of carbonyl (C=O) groups is 1. The molecule has 2 aromatic carbocycles. The van der Waals surface area contributed by atoms with Crippen LogP contribution in [-0.2, 0) is 11.2 Å². The van der Waals surface area contributed by atoms with E-state index in [1.807, 2.05) is 36.6 Å². The number of rotatable bonds is 7. The third-order valence-electron chi connectivity index (χ3n) is 3.75. The van der Waals surface area contributed by atoms with Crippen molar-refractivity contribution in [1.29, 1.82) is 0 Å².